The molecule has 67 heavy (non-hydrogen) atoms. The van der Waals surface area contributed by atoms with Crippen molar-refractivity contribution in [3.05, 3.63) is 237 Å². The van der Waals surface area contributed by atoms with Crippen molar-refractivity contribution in [2.24, 2.45) is 0 Å². The van der Waals surface area contributed by atoms with Crippen LogP contribution in [0.1, 0.15) is 0 Å². The molecular formula is C63H39N3S. The van der Waals surface area contributed by atoms with E-state index >= 15 is 0 Å². The second-order valence-corrected chi connectivity index (χ2v) is 18.1. The number of pyridine rings is 1. The highest BCUT2D eigenvalue weighted by Crippen LogP contribution is 2.51. The van der Waals surface area contributed by atoms with Crippen LogP contribution >= 0.6 is 11.3 Å². The molecular weight excluding hydrogens is 831 g/mol. The van der Waals surface area contributed by atoms with Crippen molar-refractivity contribution in [2.45, 2.75) is 0 Å². The first-order chi connectivity index (χ1) is 33.2. The lowest BCUT2D eigenvalue weighted by Crippen LogP contribution is -1.96. The van der Waals surface area contributed by atoms with Gasteiger partial charge in [-0.15, -0.1) is 11.3 Å². The zero-order chi connectivity index (χ0) is 44.3. The normalized spacial score (nSPS) is 11.6. The molecule has 3 heterocycles. The van der Waals surface area contributed by atoms with Crippen LogP contribution in [-0.4, -0.2) is 15.0 Å². The average molecular weight is 870 g/mol. The fourth-order valence-electron chi connectivity index (χ4n) is 9.88. The minimum atomic E-state index is 0.693. The van der Waals surface area contributed by atoms with E-state index in [1.165, 1.54) is 64.0 Å². The van der Waals surface area contributed by atoms with Gasteiger partial charge in [0.25, 0.3) is 0 Å². The van der Waals surface area contributed by atoms with E-state index in [0.717, 1.165) is 61.4 Å². The Bertz CT molecular complexity index is 3980. The number of benzene rings is 10. The van der Waals surface area contributed by atoms with E-state index in [1.54, 1.807) is 0 Å². The van der Waals surface area contributed by atoms with Gasteiger partial charge in [-0.1, -0.05) is 212 Å². The molecule has 0 aliphatic rings. The highest BCUT2D eigenvalue weighted by molar-refractivity contribution is 7.23. The Kier molecular flexibility index (Phi) is 9.36. The number of fused-ring (bicyclic) bond motifs is 9. The van der Waals surface area contributed by atoms with Crippen molar-refractivity contribution in [2.75, 3.05) is 0 Å². The zero-order valence-electron chi connectivity index (χ0n) is 36.3. The Balaban J connectivity index is 1.02. The van der Waals surface area contributed by atoms with Crippen molar-refractivity contribution < 1.29 is 0 Å². The topological polar surface area (TPSA) is 38.7 Å². The first-order valence-corrected chi connectivity index (χ1v) is 23.5. The Morgan fingerprint density at radius 1 is 0.284 bits per heavy atom. The summed E-state index contributed by atoms with van der Waals surface area (Å²) >= 11 is 1.83. The number of para-hydroxylation sites is 1. The van der Waals surface area contributed by atoms with E-state index in [0.29, 0.717) is 5.82 Å². The van der Waals surface area contributed by atoms with Crippen LogP contribution in [0.2, 0.25) is 0 Å². The summed E-state index contributed by atoms with van der Waals surface area (Å²) in [5.74, 6) is 0.693. The molecule has 0 N–H and O–H groups in total. The maximum atomic E-state index is 5.38. The van der Waals surface area contributed by atoms with Gasteiger partial charge in [0.05, 0.1) is 27.3 Å². The van der Waals surface area contributed by atoms with E-state index in [-0.39, 0.29) is 0 Å². The third-order valence-electron chi connectivity index (χ3n) is 13.1. The summed E-state index contributed by atoms with van der Waals surface area (Å²) in [6.45, 7) is 0. The number of hydrogen-bond acceptors (Lipinski definition) is 4. The predicted octanol–water partition coefficient (Wildman–Crippen LogP) is 17.4. The lowest BCUT2D eigenvalue weighted by molar-refractivity contribution is 1.18. The van der Waals surface area contributed by atoms with E-state index in [1.807, 2.05) is 29.5 Å². The standard InChI is InChI=1S/C63H39N3S/c1-4-17-40(18-5-1)45-23-16-24-46(37-45)57-39-56(65-63(66-57)44-21-8-3-9-22-44)41-31-33-43(34-32-41)61-58(59-53-29-14-15-30-55(53)64-60(62(59)67-61)42-19-6-2-7-20-42)47-35-36-52-50-27-11-10-25-48(50)49-26-12-13-28-51(49)54(52)38-47/h1-39H. The predicted molar refractivity (Wildman–Crippen MR) is 283 cm³/mol. The highest BCUT2D eigenvalue weighted by Gasteiger charge is 2.23. The van der Waals surface area contributed by atoms with Crippen LogP contribution in [0.5, 0.6) is 0 Å². The van der Waals surface area contributed by atoms with Crippen molar-refractivity contribution in [1.29, 1.82) is 0 Å². The van der Waals surface area contributed by atoms with E-state index in [4.69, 9.17) is 15.0 Å². The molecule has 0 saturated heterocycles. The molecule has 13 rings (SSSR count). The first-order valence-electron chi connectivity index (χ1n) is 22.7. The molecule has 0 bridgehead atoms. The van der Waals surface area contributed by atoms with Gasteiger partial charge >= 0.3 is 0 Å². The van der Waals surface area contributed by atoms with Crippen LogP contribution in [0.4, 0.5) is 0 Å². The molecule has 0 amide bonds. The minimum absolute atomic E-state index is 0.693. The van der Waals surface area contributed by atoms with Gasteiger partial charge in [-0.2, -0.15) is 0 Å². The molecule has 312 valence electrons. The van der Waals surface area contributed by atoms with Gasteiger partial charge in [0.15, 0.2) is 5.82 Å². The monoisotopic (exact) mass is 869 g/mol. The SMILES string of the molecule is c1ccc(-c2cccc(-c3cc(-c4ccc(-c5sc6c(-c7ccccc7)nc7ccccc7c6c5-c5ccc6c7ccccc7c7ccccc7c6c5)cc4)nc(-c4ccccc4)n3)c2)cc1. The Morgan fingerprint density at radius 3 is 1.45 bits per heavy atom. The Hall–Kier alpha value is -8.57. The van der Waals surface area contributed by atoms with Gasteiger partial charge < -0.3 is 0 Å². The molecule has 10 aromatic carbocycles. The molecule has 0 spiro atoms. The van der Waals surface area contributed by atoms with Gasteiger partial charge in [0.2, 0.25) is 0 Å². The number of thiophene rings is 1. The van der Waals surface area contributed by atoms with E-state index in [9.17, 15) is 0 Å². The first kappa shape index (κ1) is 38.9. The number of hydrogen-bond donors (Lipinski definition) is 0. The Morgan fingerprint density at radius 2 is 0.776 bits per heavy atom. The van der Waals surface area contributed by atoms with Gasteiger partial charge in [0, 0.05) is 43.5 Å². The van der Waals surface area contributed by atoms with Crippen LogP contribution in [0.3, 0.4) is 0 Å². The van der Waals surface area contributed by atoms with Gasteiger partial charge in [-0.25, -0.2) is 15.0 Å². The third kappa shape index (κ3) is 6.77. The summed E-state index contributed by atoms with van der Waals surface area (Å²) in [6.07, 6.45) is 0. The Labute approximate surface area is 392 Å². The van der Waals surface area contributed by atoms with Crippen molar-refractivity contribution in [3.63, 3.8) is 0 Å². The van der Waals surface area contributed by atoms with Crippen LogP contribution in [0, 0.1) is 0 Å². The highest BCUT2D eigenvalue weighted by atomic mass is 32.1. The van der Waals surface area contributed by atoms with Crippen molar-refractivity contribution in [1.82, 2.24) is 15.0 Å². The average Bonchev–Trinajstić information content (AvgIpc) is 3.82. The van der Waals surface area contributed by atoms with Gasteiger partial charge in [-0.05, 0) is 78.8 Å². The molecule has 0 unspecified atom stereocenters. The number of nitrogens with zero attached hydrogens (tertiary/aromatic N) is 3. The molecule has 3 aromatic heterocycles. The van der Waals surface area contributed by atoms with Crippen LogP contribution in [0.25, 0.3) is 131 Å². The van der Waals surface area contributed by atoms with Crippen molar-refractivity contribution >= 4 is 64.6 Å². The lowest BCUT2D eigenvalue weighted by atomic mass is 9.90. The van der Waals surface area contributed by atoms with Crippen LogP contribution in [0.15, 0.2) is 237 Å². The quantitative estimate of drug-likeness (QED) is 0.150. The van der Waals surface area contributed by atoms with Crippen LogP contribution < -0.4 is 0 Å². The molecule has 0 radical (unpaired) electrons. The number of aromatic nitrogens is 3. The molecule has 3 nitrogen and oxygen atoms in total. The second-order valence-electron chi connectivity index (χ2n) is 17.1. The fourth-order valence-corrected chi connectivity index (χ4v) is 11.2. The fraction of sp³-hybridized carbons (Fsp3) is 0. The summed E-state index contributed by atoms with van der Waals surface area (Å²) in [7, 11) is 0. The molecule has 13 aromatic rings. The van der Waals surface area contributed by atoms with Crippen LogP contribution in [-0.2, 0) is 0 Å². The molecule has 0 fully saturated rings. The van der Waals surface area contributed by atoms with E-state index in [2.05, 4.69) is 218 Å². The zero-order valence-corrected chi connectivity index (χ0v) is 37.1. The summed E-state index contributed by atoms with van der Waals surface area (Å²) in [5.41, 5.74) is 13.7. The lowest BCUT2D eigenvalue weighted by Gasteiger charge is -2.14. The molecule has 4 heteroatoms. The maximum Gasteiger partial charge on any atom is 0.160 e. The summed E-state index contributed by atoms with van der Waals surface area (Å²) < 4.78 is 1.17. The maximum absolute atomic E-state index is 5.38. The largest absolute Gasteiger partial charge is 0.246 e. The summed E-state index contributed by atoms with van der Waals surface area (Å²) in [4.78, 5) is 17.0. The second kappa shape index (κ2) is 16.1. The van der Waals surface area contributed by atoms with Crippen molar-refractivity contribution in [3.8, 4) is 77.9 Å². The minimum Gasteiger partial charge on any atom is -0.246 e. The number of rotatable bonds is 7. The smallest absolute Gasteiger partial charge is 0.160 e. The van der Waals surface area contributed by atoms with Gasteiger partial charge in [-0.3, -0.25) is 0 Å². The molecule has 0 atom stereocenters. The third-order valence-corrected chi connectivity index (χ3v) is 14.3. The molecule has 0 aliphatic carbocycles. The van der Waals surface area contributed by atoms with Gasteiger partial charge in [0.1, 0.15) is 0 Å². The summed E-state index contributed by atoms with van der Waals surface area (Å²) in [6, 6.07) is 84.5. The molecule has 0 saturated carbocycles. The summed E-state index contributed by atoms with van der Waals surface area (Å²) in [5, 5.41) is 9.94. The molecule has 0 aliphatic heterocycles. The van der Waals surface area contributed by atoms with E-state index < -0.39 is 0 Å².